The van der Waals surface area contributed by atoms with Crippen LogP contribution in [-0.2, 0) is 0 Å². The maximum absolute atomic E-state index is 12.0. The van der Waals surface area contributed by atoms with Crippen LogP contribution < -0.4 is 10.9 Å². The summed E-state index contributed by atoms with van der Waals surface area (Å²) in [5.74, 6) is -0.699. The number of amides is 1. The summed E-state index contributed by atoms with van der Waals surface area (Å²) in [7, 11) is 0. The Morgan fingerprint density at radius 1 is 1.30 bits per heavy atom. The monoisotopic (exact) mass is 277 g/mol. The van der Waals surface area contributed by atoms with Gasteiger partial charge in [-0.2, -0.15) is 0 Å². The lowest BCUT2D eigenvalue weighted by atomic mass is 10.0. The molecule has 20 heavy (non-hydrogen) atoms. The second-order valence-corrected chi connectivity index (χ2v) is 4.82. The van der Waals surface area contributed by atoms with Crippen molar-refractivity contribution in [3.63, 3.8) is 0 Å². The smallest absolute Gasteiger partial charge is 0.349 e. The van der Waals surface area contributed by atoms with Crippen LogP contribution in [0.25, 0.3) is 11.0 Å². The number of fused-ring (bicyclic) bond motifs is 1. The van der Waals surface area contributed by atoms with Gasteiger partial charge in [-0.05, 0) is 19.1 Å². The molecule has 0 radical (unpaired) electrons. The van der Waals surface area contributed by atoms with Crippen molar-refractivity contribution >= 4 is 16.9 Å². The molecule has 2 rings (SSSR count). The van der Waals surface area contributed by atoms with Crippen LogP contribution in [0.15, 0.2) is 39.5 Å². The predicted octanol–water partition coefficient (Wildman–Crippen LogP) is 0.266. The zero-order valence-electron chi connectivity index (χ0n) is 10.9. The van der Waals surface area contributed by atoms with Crippen LogP contribution in [0.1, 0.15) is 17.3 Å². The van der Waals surface area contributed by atoms with Crippen LogP contribution >= 0.6 is 0 Å². The van der Waals surface area contributed by atoms with Gasteiger partial charge >= 0.3 is 5.63 Å². The molecule has 1 aromatic heterocycles. The molecule has 106 valence electrons. The number of carbonyl (C=O) groups excluding carboxylic acids is 1. The highest BCUT2D eigenvalue weighted by Crippen LogP contribution is 2.13. The van der Waals surface area contributed by atoms with Crippen molar-refractivity contribution < 1.29 is 19.4 Å². The summed E-state index contributed by atoms with van der Waals surface area (Å²) in [4.78, 5) is 23.8. The van der Waals surface area contributed by atoms with E-state index in [1.54, 1.807) is 24.3 Å². The Morgan fingerprint density at radius 2 is 1.95 bits per heavy atom. The van der Waals surface area contributed by atoms with Gasteiger partial charge < -0.3 is 19.9 Å². The summed E-state index contributed by atoms with van der Waals surface area (Å²) >= 11 is 0. The first-order chi connectivity index (χ1) is 9.49. The summed E-state index contributed by atoms with van der Waals surface area (Å²) in [5.41, 5.74) is -1.74. The largest absolute Gasteiger partial charge is 0.422 e. The highest BCUT2D eigenvalue weighted by Gasteiger charge is 2.26. The third kappa shape index (κ3) is 2.71. The van der Waals surface area contributed by atoms with Crippen molar-refractivity contribution in [3.05, 3.63) is 46.3 Å². The molecule has 0 saturated heterocycles. The Bertz CT molecular complexity index is 687. The SMILES string of the molecule is CC(CO)(CO)NC(=O)c1cc2ccccc2oc1=O. The van der Waals surface area contributed by atoms with E-state index in [4.69, 9.17) is 14.6 Å². The fourth-order valence-electron chi connectivity index (χ4n) is 1.69. The molecule has 6 nitrogen and oxygen atoms in total. The van der Waals surface area contributed by atoms with Crippen molar-refractivity contribution in [1.82, 2.24) is 5.32 Å². The molecular weight excluding hydrogens is 262 g/mol. The maximum Gasteiger partial charge on any atom is 0.349 e. The molecule has 6 heteroatoms. The summed E-state index contributed by atoms with van der Waals surface area (Å²) in [6.07, 6.45) is 0. The second-order valence-electron chi connectivity index (χ2n) is 4.82. The Hall–Kier alpha value is -2.18. The van der Waals surface area contributed by atoms with Gasteiger partial charge in [0.25, 0.3) is 5.91 Å². The number of hydrogen-bond acceptors (Lipinski definition) is 5. The minimum absolute atomic E-state index is 0.170. The van der Waals surface area contributed by atoms with Gasteiger partial charge in [0.2, 0.25) is 0 Å². The standard InChI is InChI=1S/C14H15NO5/c1-14(7-16,8-17)15-12(18)10-6-9-4-2-3-5-11(9)20-13(10)19/h2-6,16-17H,7-8H2,1H3,(H,15,18). The first-order valence-electron chi connectivity index (χ1n) is 6.06. The summed E-state index contributed by atoms with van der Waals surface area (Å²) < 4.78 is 5.05. The molecule has 0 aliphatic heterocycles. The van der Waals surface area contributed by atoms with Crippen molar-refractivity contribution in [1.29, 1.82) is 0 Å². The number of para-hydroxylation sites is 1. The van der Waals surface area contributed by atoms with Crippen LogP contribution in [0.5, 0.6) is 0 Å². The number of rotatable bonds is 4. The molecule has 1 aromatic carbocycles. The van der Waals surface area contributed by atoms with E-state index >= 15 is 0 Å². The minimum atomic E-state index is -1.20. The van der Waals surface area contributed by atoms with Crippen LogP contribution in [0.4, 0.5) is 0 Å². The highest BCUT2D eigenvalue weighted by molar-refractivity contribution is 5.97. The van der Waals surface area contributed by atoms with Gasteiger partial charge in [0.1, 0.15) is 11.1 Å². The average Bonchev–Trinajstić information content (AvgIpc) is 2.46. The lowest BCUT2D eigenvalue weighted by molar-refractivity contribution is 0.0721. The lowest BCUT2D eigenvalue weighted by Crippen LogP contribution is -2.52. The van der Waals surface area contributed by atoms with Crippen LogP contribution in [0, 0.1) is 0 Å². The molecule has 0 aliphatic carbocycles. The number of aliphatic hydroxyl groups is 2. The molecule has 3 N–H and O–H groups in total. The second kappa shape index (κ2) is 5.44. The molecule has 0 saturated carbocycles. The van der Waals surface area contributed by atoms with E-state index in [2.05, 4.69) is 5.32 Å². The number of benzene rings is 1. The molecular formula is C14H15NO5. The lowest BCUT2D eigenvalue weighted by Gasteiger charge is -2.25. The van der Waals surface area contributed by atoms with Crippen molar-refractivity contribution in [2.24, 2.45) is 0 Å². The van der Waals surface area contributed by atoms with Gasteiger partial charge in [-0.1, -0.05) is 18.2 Å². The Kier molecular flexibility index (Phi) is 3.87. The van der Waals surface area contributed by atoms with Gasteiger partial charge in [0.15, 0.2) is 0 Å². The number of hydrogen-bond donors (Lipinski definition) is 3. The van der Waals surface area contributed by atoms with Crippen LogP contribution in [-0.4, -0.2) is 34.9 Å². The van der Waals surface area contributed by atoms with E-state index in [-0.39, 0.29) is 5.56 Å². The van der Waals surface area contributed by atoms with E-state index in [1.165, 1.54) is 13.0 Å². The third-order valence-electron chi connectivity index (χ3n) is 3.00. The van der Waals surface area contributed by atoms with Gasteiger partial charge in [-0.3, -0.25) is 4.79 Å². The van der Waals surface area contributed by atoms with Gasteiger partial charge in [-0.25, -0.2) is 4.79 Å². The Balaban J connectivity index is 2.40. The predicted molar refractivity (Wildman–Crippen MR) is 72.5 cm³/mol. The zero-order valence-corrected chi connectivity index (χ0v) is 10.9. The number of aliphatic hydroxyl groups excluding tert-OH is 2. The molecule has 0 aliphatic rings. The fraction of sp³-hybridized carbons (Fsp3) is 0.286. The molecule has 1 amide bonds. The first kappa shape index (κ1) is 14.2. The Morgan fingerprint density at radius 3 is 2.60 bits per heavy atom. The summed E-state index contributed by atoms with van der Waals surface area (Å²) in [5, 5.41) is 21.3. The molecule has 0 unspecified atom stereocenters. The van der Waals surface area contributed by atoms with Crippen molar-refractivity contribution in [2.45, 2.75) is 12.5 Å². The minimum Gasteiger partial charge on any atom is -0.422 e. The fourth-order valence-corrected chi connectivity index (χ4v) is 1.69. The molecule has 2 aromatic rings. The van der Waals surface area contributed by atoms with Gasteiger partial charge in [0.05, 0.1) is 18.8 Å². The highest BCUT2D eigenvalue weighted by atomic mass is 16.4. The maximum atomic E-state index is 12.0. The topological polar surface area (TPSA) is 99.8 Å². The zero-order chi connectivity index (χ0) is 14.8. The molecule has 1 heterocycles. The quantitative estimate of drug-likeness (QED) is 0.696. The first-order valence-corrected chi connectivity index (χ1v) is 6.06. The Labute approximate surface area is 114 Å². The molecule has 0 bridgehead atoms. The number of carbonyl (C=O) groups is 1. The van der Waals surface area contributed by atoms with Crippen molar-refractivity contribution in [2.75, 3.05) is 13.2 Å². The summed E-state index contributed by atoms with van der Waals surface area (Å²) in [6, 6.07) is 8.25. The summed E-state index contributed by atoms with van der Waals surface area (Å²) in [6.45, 7) is 0.565. The van der Waals surface area contributed by atoms with Crippen molar-refractivity contribution in [3.8, 4) is 0 Å². The van der Waals surface area contributed by atoms with E-state index < -0.39 is 30.3 Å². The van der Waals surface area contributed by atoms with E-state index in [0.29, 0.717) is 11.0 Å². The van der Waals surface area contributed by atoms with E-state index in [0.717, 1.165) is 0 Å². The molecule has 0 spiro atoms. The van der Waals surface area contributed by atoms with Crippen LogP contribution in [0.3, 0.4) is 0 Å². The third-order valence-corrected chi connectivity index (χ3v) is 3.00. The molecule has 0 fully saturated rings. The van der Waals surface area contributed by atoms with Gasteiger partial charge in [0, 0.05) is 5.39 Å². The molecule has 0 atom stereocenters. The average molecular weight is 277 g/mol. The normalized spacial score (nSPS) is 11.6. The van der Waals surface area contributed by atoms with E-state index in [1.807, 2.05) is 0 Å². The number of nitrogens with one attached hydrogen (secondary N) is 1. The van der Waals surface area contributed by atoms with E-state index in [9.17, 15) is 9.59 Å². The van der Waals surface area contributed by atoms with Crippen LogP contribution in [0.2, 0.25) is 0 Å². The van der Waals surface area contributed by atoms with Gasteiger partial charge in [-0.15, -0.1) is 0 Å².